The standard InChI is InChI=1S/C21H34N4O2.HI/c1-4-27-14-12-21(10-11-21)16-23-20(22-2)24-17-9-13-25(15-17)18-7-5-6-8-19(18)26-3;/h5-8,17H,4,9-16H2,1-3H3,(H2,22,23,24);1H. The zero-order valence-corrected chi connectivity index (χ0v) is 19.7. The normalized spacial score (nSPS) is 20.5. The summed E-state index contributed by atoms with van der Waals surface area (Å²) in [6, 6.07) is 8.62. The second kappa shape index (κ2) is 11.1. The first-order valence-electron chi connectivity index (χ1n) is 10.1. The van der Waals surface area contributed by atoms with E-state index in [0.29, 0.717) is 11.5 Å². The van der Waals surface area contributed by atoms with Crippen molar-refractivity contribution in [3.05, 3.63) is 24.3 Å². The molecule has 158 valence electrons. The number of anilines is 1. The number of methoxy groups -OCH3 is 1. The Bertz CT molecular complexity index is 637. The summed E-state index contributed by atoms with van der Waals surface area (Å²) in [6.45, 7) is 6.67. The third-order valence-corrected chi connectivity index (χ3v) is 5.75. The number of benzene rings is 1. The molecule has 1 aliphatic heterocycles. The predicted molar refractivity (Wildman–Crippen MR) is 126 cm³/mol. The number of para-hydroxylation sites is 2. The van der Waals surface area contributed by atoms with Crippen LogP contribution in [-0.2, 0) is 4.74 Å². The lowest BCUT2D eigenvalue weighted by atomic mass is 10.0. The highest BCUT2D eigenvalue weighted by atomic mass is 127. The van der Waals surface area contributed by atoms with Gasteiger partial charge < -0.3 is 25.0 Å². The number of guanidine groups is 1. The third-order valence-electron chi connectivity index (χ3n) is 5.75. The molecular weight excluding hydrogens is 467 g/mol. The molecule has 1 unspecified atom stereocenters. The molecule has 3 rings (SSSR count). The molecule has 28 heavy (non-hydrogen) atoms. The Hall–Kier alpha value is -1.22. The van der Waals surface area contributed by atoms with Crippen molar-refractivity contribution in [3.8, 4) is 5.75 Å². The van der Waals surface area contributed by atoms with Crippen LogP contribution >= 0.6 is 24.0 Å². The van der Waals surface area contributed by atoms with Gasteiger partial charge in [-0.3, -0.25) is 4.99 Å². The molecule has 2 N–H and O–H groups in total. The van der Waals surface area contributed by atoms with Crippen LogP contribution in [-0.4, -0.2) is 59.0 Å². The predicted octanol–water partition coefficient (Wildman–Crippen LogP) is 3.26. The van der Waals surface area contributed by atoms with Crippen LogP contribution in [0.15, 0.2) is 29.3 Å². The van der Waals surface area contributed by atoms with E-state index < -0.39 is 0 Å². The van der Waals surface area contributed by atoms with E-state index >= 15 is 0 Å². The summed E-state index contributed by atoms with van der Waals surface area (Å²) in [7, 11) is 3.58. The largest absolute Gasteiger partial charge is 0.495 e. The van der Waals surface area contributed by atoms with Crippen molar-refractivity contribution in [2.24, 2.45) is 10.4 Å². The molecule has 1 heterocycles. The van der Waals surface area contributed by atoms with Crippen LogP contribution in [0.5, 0.6) is 5.75 Å². The number of nitrogens with one attached hydrogen (secondary N) is 2. The molecule has 2 fully saturated rings. The number of aliphatic imine (C=N–C) groups is 1. The van der Waals surface area contributed by atoms with Crippen LogP contribution < -0.4 is 20.3 Å². The van der Waals surface area contributed by atoms with E-state index in [9.17, 15) is 0 Å². The van der Waals surface area contributed by atoms with E-state index in [0.717, 1.165) is 57.4 Å². The van der Waals surface area contributed by atoms with Crippen LogP contribution in [0.4, 0.5) is 5.69 Å². The maximum Gasteiger partial charge on any atom is 0.191 e. The number of nitrogens with zero attached hydrogens (tertiary/aromatic N) is 2. The maximum absolute atomic E-state index is 5.53. The van der Waals surface area contributed by atoms with E-state index in [1.54, 1.807) is 7.11 Å². The van der Waals surface area contributed by atoms with Crippen molar-refractivity contribution in [1.82, 2.24) is 10.6 Å². The number of ether oxygens (including phenoxy) is 2. The van der Waals surface area contributed by atoms with Gasteiger partial charge in [-0.2, -0.15) is 0 Å². The van der Waals surface area contributed by atoms with Crippen LogP contribution in [0.1, 0.15) is 32.6 Å². The summed E-state index contributed by atoms with van der Waals surface area (Å²) in [6.07, 6.45) is 4.80. The fraction of sp³-hybridized carbons (Fsp3) is 0.667. The van der Waals surface area contributed by atoms with E-state index in [1.807, 2.05) is 19.2 Å². The molecule has 0 spiro atoms. The van der Waals surface area contributed by atoms with Crippen molar-refractivity contribution >= 4 is 35.6 Å². The van der Waals surface area contributed by atoms with Gasteiger partial charge in [-0.15, -0.1) is 24.0 Å². The molecule has 7 heteroatoms. The van der Waals surface area contributed by atoms with Gasteiger partial charge in [0.2, 0.25) is 0 Å². The minimum Gasteiger partial charge on any atom is -0.495 e. The van der Waals surface area contributed by atoms with Crippen molar-refractivity contribution < 1.29 is 9.47 Å². The molecule has 1 saturated heterocycles. The lowest BCUT2D eigenvalue weighted by Crippen LogP contribution is -2.46. The lowest BCUT2D eigenvalue weighted by Gasteiger charge is -2.23. The molecule has 0 aromatic heterocycles. The summed E-state index contributed by atoms with van der Waals surface area (Å²) in [5.74, 6) is 1.84. The number of rotatable bonds is 9. The van der Waals surface area contributed by atoms with Crippen molar-refractivity contribution in [3.63, 3.8) is 0 Å². The highest BCUT2D eigenvalue weighted by Crippen LogP contribution is 2.48. The third kappa shape index (κ3) is 6.14. The SMILES string of the molecule is CCOCCC1(CNC(=NC)NC2CCN(c3ccccc3OC)C2)CC1.I. The summed E-state index contributed by atoms with van der Waals surface area (Å²) < 4.78 is 11.0. The Labute approximate surface area is 186 Å². The minimum atomic E-state index is 0. The molecule has 6 nitrogen and oxygen atoms in total. The molecule has 1 atom stereocenters. The summed E-state index contributed by atoms with van der Waals surface area (Å²) >= 11 is 0. The lowest BCUT2D eigenvalue weighted by molar-refractivity contribution is 0.128. The van der Waals surface area contributed by atoms with Gasteiger partial charge in [0.25, 0.3) is 0 Å². The van der Waals surface area contributed by atoms with Crippen molar-refractivity contribution in [2.75, 3.05) is 51.9 Å². The van der Waals surface area contributed by atoms with E-state index in [2.05, 4.69) is 39.6 Å². The first-order chi connectivity index (χ1) is 13.2. The van der Waals surface area contributed by atoms with E-state index in [4.69, 9.17) is 9.47 Å². The Morgan fingerprint density at radius 2 is 2.11 bits per heavy atom. The average Bonchev–Trinajstić information content (AvgIpc) is 3.32. The Morgan fingerprint density at radius 1 is 1.32 bits per heavy atom. The first-order valence-corrected chi connectivity index (χ1v) is 10.1. The van der Waals surface area contributed by atoms with Gasteiger partial charge in [0, 0.05) is 45.9 Å². The van der Waals surface area contributed by atoms with E-state index in [1.165, 1.54) is 18.5 Å². The topological polar surface area (TPSA) is 58.1 Å². The minimum absolute atomic E-state index is 0. The molecule has 0 bridgehead atoms. The monoisotopic (exact) mass is 502 g/mol. The van der Waals surface area contributed by atoms with Crippen LogP contribution in [0.25, 0.3) is 0 Å². The van der Waals surface area contributed by atoms with Crippen LogP contribution in [0.2, 0.25) is 0 Å². The van der Waals surface area contributed by atoms with Gasteiger partial charge in [0.05, 0.1) is 12.8 Å². The van der Waals surface area contributed by atoms with Gasteiger partial charge >= 0.3 is 0 Å². The second-order valence-corrected chi connectivity index (χ2v) is 7.62. The van der Waals surface area contributed by atoms with Gasteiger partial charge in [-0.1, -0.05) is 12.1 Å². The molecule has 0 amide bonds. The zero-order valence-electron chi connectivity index (χ0n) is 17.4. The van der Waals surface area contributed by atoms with Gasteiger partial charge in [0.1, 0.15) is 5.75 Å². The fourth-order valence-corrected chi connectivity index (χ4v) is 3.77. The smallest absolute Gasteiger partial charge is 0.191 e. The van der Waals surface area contributed by atoms with Gasteiger partial charge in [-0.05, 0) is 50.2 Å². The maximum atomic E-state index is 5.53. The summed E-state index contributed by atoms with van der Waals surface area (Å²) in [5.41, 5.74) is 1.58. The summed E-state index contributed by atoms with van der Waals surface area (Å²) in [4.78, 5) is 6.81. The summed E-state index contributed by atoms with van der Waals surface area (Å²) in [5, 5.41) is 7.14. The molecule has 2 aliphatic rings. The Balaban J connectivity index is 0.00000280. The zero-order chi connectivity index (χ0) is 19.1. The average molecular weight is 502 g/mol. The Kier molecular flexibility index (Phi) is 9.14. The van der Waals surface area contributed by atoms with Gasteiger partial charge in [-0.25, -0.2) is 0 Å². The van der Waals surface area contributed by atoms with Gasteiger partial charge in [0.15, 0.2) is 5.96 Å². The second-order valence-electron chi connectivity index (χ2n) is 7.62. The Morgan fingerprint density at radius 3 is 2.79 bits per heavy atom. The highest BCUT2D eigenvalue weighted by molar-refractivity contribution is 14.0. The highest BCUT2D eigenvalue weighted by Gasteiger charge is 2.42. The van der Waals surface area contributed by atoms with E-state index in [-0.39, 0.29) is 24.0 Å². The first kappa shape index (κ1) is 23.1. The molecule has 1 aromatic carbocycles. The van der Waals surface area contributed by atoms with Crippen molar-refractivity contribution in [2.45, 2.75) is 38.6 Å². The molecule has 1 aromatic rings. The number of hydrogen-bond donors (Lipinski definition) is 2. The van der Waals surface area contributed by atoms with Crippen molar-refractivity contribution in [1.29, 1.82) is 0 Å². The fourth-order valence-electron chi connectivity index (χ4n) is 3.77. The van der Waals surface area contributed by atoms with Crippen LogP contribution in [0.3, 0.4) is 0 Å². The molecule has 1 saturated carbocycles. The van der Waals surface area contributed by atoms with Crippen LogP contribution in [0, 0.1) is 5.41 Å². The molecule has 1 aliphatic carbocycles. The molecule has 0 radical (unpaired) electrons. The molecular formula is C21H35IN4O2. The number of halogens is 1. The quantitative estimate of drug-likeness (QED) is 0.235. The number of hydrogen-bond acceptors (Lipinski definition) is 4.